The summed E-state index contributed by atoms with van der Waals surface area (Å²) in [6.45, 7) is 0. The molecule has 1 atom stereocenters. The van der Waals surface area contributed by atoms with E-state index in [4.69, 9.17) is 5.11 Å². The van der Waals surface area contributed by atoms with E-state index >= 15 is 0 Å². The number of carboxylic acids is 1. The number of carbonyl (C=O) groups excluding carboxylic acids is 2. The minimum Gasteiger partial charge on any atom is -0.475 e. The van der Waals surface area contributed by atoms with E-state index in [1.54, 1.807) is 0 Å². The lowest BCUT2D eigenvalue weighted by atomic mass is 10.1. The first kappa shape index (κ1) is 7.71. The van der Waals surface area contributed by atoms with Gasteiger partial charge >= 0.3 is 5.97 Å². The molecule has 11 heavy (non-hydrogen) atoms. The molecule has 1 saturated heterocycles. The molecule has 1 amide bonds. The van der Waals surface area contributed by atoms with E-state index in [1.807, 2.05) is 0 Å². The molecule has 0 saturated carbocycles. The number of hydrogen-bond donors (Lipinski definition) is 2. The Bertz CT molecular complexity index is 223. The van der Waals surface area contributed by atoms with Crippen LogP contribution >= 0.6 is 0 Å². The first-order chi connectivity index (χ1) is 5.11. The molecule has 1 fully saturated rings. The van der Waals surface area contributed by atoms with E-state index in [0.29, 0.717) is 6.42 Å². The van der Waals surface area contributed by atoms with Gasteiger partial charge < -0.3 is 10.4 Å². The number of aliphatic carboxylic acids is 1. The SMILES string of the molecule is O=C1CCC(C(=O)C(=O)O)N1. The second kappa shape index (κ2) is 2.69. The average molecular weight is 157 g/mol. The summed E-state index contributed by atoms with van der Waals surface area (Å²) in [7, 11) is 0. The lowest BCUT2D eigenvalue weighted by molar-refractivity contribution is -0.150. The largest absolute Gasteiger partial charge is 0.475 e. The highest BCUT2D eigenvalue weighted by Gasteiger charge is 2.30. The van der Waals surface area contributed by atoms with E-state index in [9.17, 15) is 14.4 Å². The van der Waals surface area contributed by atoms with Crippen LogP contribution in [-0.4, -0.2) is 28.8 Å². The fourth-order valence-corrected chi connectivity index (χ4v) is 0.960. The minimum absolute atomic E-state index is 0.240. The topological polar surface area (TPSA) is 83.5 Å². The van der Waals surface area contributed by atoms with Crippen LogP contribution < -0.4 is 5.32 Å². The van der Waals surface area contributed by atoms with E-state index < -0.39 is 17.8 Å². The Morgan fingerprint density at radius 2 is 2.18 bits per heavy atom. The number of carbonyl (C=O) groups is 3. The molecule has 60 valence electrons. The van der Waals surface area contributed by atoms with Crippen LogP contribution in [0.5, 0.6) is 0 Å². The van der Waals surface area contributed by atoms with Crippen molar-refractivity contribution in [2.45, 2.75) is 18.9 Å². The Kier molecular flexibility index (Phi) is 1.89. The number of carboxylic acid groups (broad SMARTS) is 1. The summed E-state index contributed by atoms with van der Waals surface area (Å²) < 4.78 is 0. The smallest absolute Gasteiger partial charge is 0.374 e. The summed E-state index contributed by atoms with van der Waals surface area (Å²) >= 11 is 0. The van der Waals surface area contributed by atoms with Gasteiger partial charge in [0.15, 0.2) is 0 Å². The van der Waals surface area contributed by atoms with Gasteiger partial charge in [-0.1, -0.05) is 0 Å². The zero-order chi connectivity index (χ0) is 8.43. The number of ketones is 1. The maximum absolute atomic E-state index is 10.7. The zero-order valence-electron chi connectivity index (χ0n) is 5.66. The molecule has 0 aromatic carbocycles. The van der Waals surface area contributed by atoms with Gasteiger partial charge in [-0.15, -0.1) is 0 Å². The van der Waals surface area contributed by atoms with Crippen molar-refractivity contribution in [2.75, 3.05) is 0 Å². The van der Waals surface area contributed by atoms with Crippen molar-refractivity contribution in [1.82, 2.24) is 5.32 Å². The summed E-state index contributed by atoms with van der Waals surface area (Å²) in [6, 6.07) is -0.806. The van der Waals surface area contributed by atoms with Gasteiger partial charge in [0.25, 0.3) is 5.78 Å². The second-order valence-corrected chi connectivity index (χ2v) is 2.33. The van der Waals surface area contributed by atoms with Crippen LogP contribution in [0.15, 0.2) is 0 Å². The van der Waals surface area contributed by atoms with E-state index in [0.717, 1.165) is 0 Å². The van der Waals surface area contributed by atoms with Gasteiger partial charge in [-0.2, -0.15) is 0 Å². The lowest BCUT2D eigenvalue weighted by Gasteiger charge is -2.02. The van der Waals surface area contributed by atoms with Crippen LogP contribution in [0.4, 0.5) is 0 Å². The van der Waals surface area contributed by atoms with Gasteiger partial charge in [0.2, 0.25) is 5.91 Å². The van der Waals surface area contributed by atoms with Crippen LogP contribution in [0.2, 0.25) is 0 Å². The Hall–Kier alpha value is -1.39. The molecule has 0 radical (unpaired) electrons. The normalized spacial score (nSPS) is 22.9. The minimum atomic E-state index is -1.49. The number of amides is 1. The molecule has 0 bridgehead atoms. The van der Waals surface area contributed by atoms with Gasteiger partial charge in [0.1, 0.15) is 0 Å². The Morgan fingerprint density at radius 1 is 1.55 bits per heavy atom. The van der Waals surface area contributed by atoms with Crippen molar-refractivity contribution in [2.24, 2.45) is 0 Å². The zero-order valence-corrected chi connectivity index (χ0v) is 5.66. The van der Waals surface area contributed by atoms with Crippen molar-refractivity contribution < 1.29 is 19.5 Å². The van der Waals surface area contributed by atoms with Gasteiger partial charge in [0, 0.05) is 6.42 Å². The molecule has 0 spiro atoms. The molecule has 1 heterocycles. The third-order valence-corrected chi connectivity index (χ3v) is 1.52. The van der Waals surface area contributed by atoms with Crippen molar-refractivity contribution in [3.05, 3.63) is 0 Å². The number of Topliss-reactive ketones (excluding diaryl/α,β-unsaturated/α-hetero) is 1. The highest BCUT2D eigenvalue weighted by Crippen LogP contribution is 2.06. The third-order valence-electron chi connectivity index (χ3n) is 1.52. The Labute approximate surface area is 62.4 Å². The summed E-state index contributed by atoms with van der Waals surface area (Å²) in [6.07, 6.45) is 0.535. The van der Waals surface area contributed by atoms with E-state index in [-0.39, 0.29) is 12.3 Å². The quantitative estimate of drug-likeness (QED) is 0.499. The highest BCUT2D eigenvalue weighted by molar-refractivity contribution is 6.35. The molecule has 0 aliphatic carbocycles. The monoisotopic (exact) mass is 157 g/mol. The maximum Gasteiger partial charge on any atom is 0.374 e. The maximum atomic E-state index is 10.7. The fourth-order valence-electron chi connectivity index (χ4n) is 0.960. The molecule has 1 rings (SSSR count). The molecule has 2 N–H and O–H groups in total. The van der Waals surface area contributed by atoms with E-state index in [1.165, 1.54) is 0 Å². The molecule has 0 aromatic heterocycles. The molecule has 1 unspecified atom stereocenters. The van der Waals surface area contributed by atoms with Crippen LogP contribution in [0.3, 0.4) is 0 Å². The van der Waals surface area contributed by atoms with Crippen LogP contribution in [0.1, 0.15) is 12.8 Å². The van der Waals surface area contributed by atoms with Gasteiger partial charge in [-0.05, 0) is 6.42 Å². The van der Waals surface area contributed by atoms with Crippen molar-refractivity contribution in [3.63, 3.8) is 0 Å². The van der Waals surface area contributed by atoms with Gasteiger partial charge in [0.05, 0.1) is 6.04 Å². The van der Waals surface area contributed by atoms with Crippen LogP contribution in [0, 0.1) is 0 Å². The van der Waals surface area contributed by atoms with E-state index in [2.05, 4.69) is 5.32 Å². The molecule has 0 aromatic rings. The first-order valence-corrected chi connectivity index (χ1v) is 3.18. The molecule has 5 heteroatoms. The highest BCUT2D eigenvalue weighted by atomic mass is 16.4. The molecule has 1 aliphatic heterocycles. The van der Waals surface area contributed by atoms with Gasteiger partial charge in [-0.25, -0.2) is 4.79 Å². The standard InChI is InChI=1S/C6H7NO4/c8-4-2-1-3(7-4)5(9)6(10)11/h3H,1-2H2,(H,7,8)(H,10,11). The fraction of sp³-hybridized carbons (Fsp3) is 0.500. The second-order valence-electron chi connectivity index (χ2n) is 2.33. The summed E-state index contributed by atoms with van der Waals surface area (Å²) in [5, 5.41) is 10.5. The number of nitrogens with one attached hydrogen (secondary N) is 1. The summed E-state index contributed by atoms with van der Waals surface area (Å²) in [5.41, 5.74) is 0. The molecule has 5 nitrogen and oxygen atoms in total. The van der Waals surface area contributed by atoms with Crippen LogP contribution in [-0.2, 0) is 14.4 Å². The molecular formula is C6H7NO4. The average Bonchev–Trinajstić information content (AvgIpc) is 2.34. The van der Waals surface area contributed by atoms with Gasteiger partial charge in [-0.3, -0.25) is 9.59 Å². The summed E-state index contributed by atoms with van der Waals surface area (Å²) in [4.78, 5) is 31.3. The predicted molar refractivity (Wildman–Crippen MR) is 33.8 cm³/mol. The lowest BCUT2D eigenvalue weighted by Crippen LogP contribution is -2.37. The van der Waals surface area contributed by atoms with Crippen molar-refractivity contribution in [1.29, 1.82) is 0 Å². The predicted octanol–water partition coefficient (Wildman–Crippen LogP) is -1.08. The Morgan fingerprint density at radius 3 is 2.55 bits per heavy atom. The number of hydrogen-bond acceptors (Lipinski definition) is 3. The summed E-state index contributed by atoms with van der Waals surface area (Å²) in [5.74, 6) is -2.68. The molecule has 1 aliphatic rings. The van der Waals surface area contributed by atoms with Crippen molar-refractivity contribution in [3.8, 4) is 0 Å². The number of rotatable bonds is 2. The first-order valence-electron chi connectivity index (χ1n) is 3.18. The molecular weight excluding hydrogens is 150 g/mol. The van der Waals surface area contributed by atoms with Crippen molar-refractivity contribution >= 4 is 17.7 Å². The van der Waals surface area contributed by atoms with Crippen LogP contribution in [0.25, 0.3) is 0 Å². The third kappa shape index (κ3) is 1.54. The Balaban J connectivity index is 2.56.